The molecular weight excluding hydrogens is 534 g/mol. The van der Waals surface area contributed by atoms with Gasteiger partial charge in [-0.15, -0.1) is 5.10 Å². The second-order valence-electron chi connectivity index (χ2n) is 9.98. The molecule has 1 aliphatic heterocycles. The molecule has 0 saturated carbocycles. The lowest BCUT2D eigenvalue weighted by atomic mass is 10.0. The van der Waals surface area contributed by atoms with Crippen molar-refractivity contribution in [2.45, 2.75) is 26.1 Å². The average Bonchev–Trinajstić information content (AvgIpc) is 3.65. The number of aromatic nitrogens is 3. The Hall–Kier alpha value is -5.38. The SMILES string of the molecule is COc1ccc(CN(C(=O)Cn2nnc3ccccc32)[C@@H](C(=O)Nc2ccc3c(c2)OCO3)c2ccc(C)cc2)cc1. The normalized spacial score (nSPS) is 12.6. The summed E-state index contributed by atoms with van der Waals surface area (Å²) in [6.07, 6.45) is 0. The Bertz CT molecular complexity index is 1730. The van der Waals surface area contributed by atoms with Gasteiger partial charge in [0, 0.05) is 18.3 Å². The van der Waals surface area contributed by atoms with Crippen molar-refractivity contribution in [1.29, 1.82) is 0 Å². The fourth-order valence-electron chi connectivity index (χ4n) is 4.91. The third-order valence-corrected chi connectivity index (χ3v) is 7.13. The lowest BCUT2D eigenvalue weighted by Gasteiger charge is -2.32. The van der Waals surface area contributed by atoms with Crippen LogP contribution in [0.5, 0.6) is 17.2 Å². The highest BCUT2D eigenvalue weighted by Gasteiger charge is 2.32. The lowest BCUT2D eigenvalue weighted by Crippen LogP contribution is -2.42. The highest BCUT2D eigenvalue weighted by atomic mass is 16.7. The maximum Gasteiger partial charge on any atom is 0.251 e. The molecule has 1 atom stereocenters. The second-order valence-corrected chi connectivity index (χ2v) is 9.98. The van der Waals surface area contributed by atoms with Crippen LogP contribution in [0.1, 0.15) is 22.7 Å². The molecule has 0 saturated heterocycles. The molecular formula is C32H29N5O5. The molecule has 6 rings (SSSR count). The summed E-state index contributed by atoms with van der Waals surface area (Å²) in [6.45, 7) is 2.17. The van der Waals surface area contributed by atoms with Gasteiger partial charge >= 0.3 is 0 Å². The van der Waals surface area contributed by atoms with Gasteiger partial charge in [0.1, 0.15) is 23.9 Å². The van der Waals surface area contributed by atoms with Crippen molar-refractivity contribution in [1.82, 2.24) is 19.9 Å². The van der Waals surface area contributed by atoms with E-state index in [9.17, 15) is 9.59 Å². The van der Waals surface area contributed by atoms with Crippen molar-refractivity contribution < 1.29 is 23.8 Å². The second kappa shape index (κ2) is 11.6. The van der Waals surface area contributed by atoms with E-state index in [0.717, 1.165) is 16.6 Å². The number of hydrogen-bond acceptors (Lipinski definition) is 7. The van der Waals surface area contributed by atoms with E-state index in [-0.39, 0.29) is 31.7 Å². The minimum atomic E-state index is -0.958. The van der Waals surface area contributed by atoms with Gasteiger partial charge in [0.25, 0.3) is 5.91 Å². The Morgan fingerprint density at radius 2 is 1.74 bits per heavy atom. The van der Waals surface area contributed by atoms with Crippen LogP contribution in [0, 0.1) is 6.92 Å². The lowest BCUT2D eigenvalue weighted by molar-refractivity contribution is -0.140. The van der Waals surface area contributed by atoms with E-state index in [2.05, 4.69) is 15.6 Å². The van der Waals surface area contributed by atoms with Crippen molar-refractivity contribution in [2.75, 3.05) is 19.2 Å². The number of nitrogens with one attached hydrogen (secondary N) is 1. The number of methoxy groups -OCH3 is 1. The minimum Gasteiger partial charge on any atom is -0.497 e. The third kappa shape index (κ3) is 5.60. The smallest absolute Gasteiger partial charge is 0.251 e. The van der Waals surface area contributed by atoms with Gasteiger partial charge in [0.05, 0.1) is 12.6 Å². The molecule has 0 bridgehead atoms. The molecule has 10 heteroatoms. The number of amides is 2. The van der Waals surface area contributed by atoms with Crippen LogP contribution in [-0.2, 0) is 22.7 Å². The average molecular weight is 564 g/mol. The molecule has 4 aromatic carbocycles. The predicted octanol–water partition coefficient (Wildman–Crippen LogP) is 4.89. The number of fused-ring (bicyclic) bond motifs is 2. The molecule has 212 valence electrons. The molecule has 10 nitrogen and oxygen atoms in total. The summed E-state index contributed by atoms with van der Waals surface area (Å²) in [7, 11) is 1.60. The van der Waals surface area contributed by atoms with Crippen LogP contribution in [0.25, 0.3) is 11.0 Å². The van der Waals surface area contributed by atoms with E-state index < -0.39 is 6.04 Å². The summed E-state index contributed by atoms with van der Waals surface area (Å²) >= 11 is 0. The van der Waals surface area contributed by atoms with Gasteiger partial charge in [-0.2, -0.15) is 0 Å². The number of ether oxygens (including phenoxy) is 3. The fourth-order valence-corrected chi connectivity index (χ4v) is 4.91. The first-order valence-corrected chi connectivity index (χ1v) is 13.5. The highest BCUT2D eigenvalue weighted by Crippen LogP contribution is 2.35. The highest BCUT2D eigenvalue weighted by molar-refractivity contribution is 5.98. The van der Waals surface area contributed by atoms with Gasteiger partial charge in [0.2, 0.25) is 12.7 Å². The Balaban J connectivity index is 1.38. The van der Waals surface area contributed by atoms with E-state index in [1.807, 2.05) is 79.7 Å². The molecule has 0 radical (unpaired) electrons. The number of anilines is 1. The summed E-state index contributed by atoms with van der Waals surface area (Å²) in [5.74, 6) is 1.18. The summed E-state index contributed by atoms with van der Waals surface area (Å²) in [5, 5.41) is 11.4. The minimum absolute atomic E-state index is 0.101. The monoisotopic (exact) mass is 563 g/mol. The first kappa shape index (κ1) is 26.8. The molecule has 2 heterocycles. The van der Waals surface area contributed by atoms with Crippen LogP contribution in [0.4, 0.5) is 5.69 Å². The molecule has 2 amide bonds. The first-order valence-electron chi connectivity index (χ1n) is 13.5. The Morgan fingerprint density at radius 1 is 0.976 bits per heavy atom. The molecule has 42 heavy (non-hydrogen) atoms. The number of carbonyl (C=O) groups is 2. The topological polar surface area (TPSA) is 108 Å². The molecule has 0 fully saturated rings. The van der Waals surface area contributed by atoms with Gasteiger partial charge in [0.15, 0.2) is 11.5 Å². The van der Waals surface area contributed by atoms with Crippen molar-refractivity contribution >= 4 is 28.5 Å². The Labute approximate surface area is 242 Å². The zero-order chi connectivity index (χ0) is 29.1. The Kier molecular flexibility index (Phi) is 7.42. The Morgan fingerprint density at radius 3 is 2.52 bits per heavy atom. The maximum absolute atomic E-state index is 14.2. The summed E-state index contributed by atoms with van der Waals surface area (Å²) in [4.78, 5) is 29.9. The molecule has 0 spiro atoms. The number of benzene rings is 4. The largest absolute Gasteiger partial charge is 0.497 e. The predicted molar refractivity (Wildman–Crippen MR) is 156 cm³/mol. The van der Waals surface area contributed by atoms with E-state index in [0.29, 0.717) is 34.0 Å². The number of nitrogens with zero attached hydrogens (tertiary/aromatic N) is 4. The quantitative estimate of drug-likeness (QED) is 0.272. The number of carbonyl (C=O) groups excluding carboxylic acids is 2. The van der Waals surface area contributed by atoms with Gasteiger partial charge in [-0.25, -0.2) is 4.68 Å². The molecule has 1 aromatic heterocycles. The number of aryl methyl sites for hydroxylation is 1. The van der Waals surface area contributed by atoms with Crippen LogP contribution in [0.15, 0.2) is 91.0 Å². The summed E-state index contributed by atoms with van der Waals surface area (Å²) < 4.78 is 17.8. The van der Waals surface area contributed by atoms with Gasteiger partial charge in [-0.1, -0.05) is 59.3 Å². The molecule has 1 aliphatic rings. The van der Waals surface area contributed by atoms with Gasteiger partial charge in [-0.3, -0.25) is 9.59 Å². The molecule has 5 aromatic rings. The van der Waals surface area contributed by atoms with Crippen LogP contribution in [-0.4, -0.2) is 45.6 Å². The van der Waals surface area contributed by atoms with Crippen LogP contribution in [0.3, 0.4) is 0 Å². The molecule has 0 aliphatic carbocycles. The van der Waals surface area contributed by atoms with Gasteiger partial charge in [-0.05, 0) is 54.4 Å². The van der Waals surface area contributed by atoms with E-state index in [1.165, 1.54) is 0 Å². The molecule has 0 unspecified atom stereocenters. The van der Waals surface area contributed by atoms with Gasteiger partial charge < -0.3 is 24.4 Å². The van der Waals surface area contributed by atoms with Crippen LogP contribution < -0.4 is 19.5 Å². The van der Waals surface area contributed by atoms with Crippen LogP contribution >= 0.6 is 0 Å². The number of rotatable bonds is 9. The van der Waals surface area contributed by atoms with E-state index in [1.54, 1.807) is 34.9 Å². The zero-order valence-electron chi connectivity index (χ0n) is 23.2. The first-order chi connectivity index (χ1) is 20.5. The van der Waals surface area contributed by atoms with Crippen molar-refractivity contribution in [3.63, 3.8) is 0 Å². The van der Waals surface area contributed by atoms with Crippen LogP contribution in [0.2, 0.25) is 0 Å². The number of para-hydroxylation sites is 1. The summed E-state index contributed by atoms with van der Waals surface area (Å²) in [6, 6.07) is 26.7. The van der Waals surface area contributed by atoms with E-state index in [4.69, 9.17) is 14.2 Å². The summed E-state index contributed by atoms with van der Waals surface area (Å²) in [5.41, 5.74) is 4.48. The zero-order valence-corrected chi connectivity index (χ0v) is 23.2. The van der Waals surface area contributed by atoms with E-state index >= 15 is 0 Å². The number of hydrogen-bond donors (Lipinski definition) is 1. The van der Waals surface area contributed by atoms with Crippen molar-refractivity contribution in [3.05, 3.63) is 108 Å². The molecule has 1 N–H and O–H groups in total. The third-order valence-electron chi connectivity index (χ3n) is 7.13. The van der Waals surface area contributed by atoms with Crippen molar-refractivity contribution in [2.24, 2.45) is 0 Å². The van der Waals surface area contributed by atoms with Crippen molar-refractivity contribution in [3.8, 4) is 17.2 Å². The fraction of sp³-hybridized carbons (Fsp3) is 0.188. The standard InChI is InChI=1S/C32H29N5O5/c1-21-7-11-23(12-8-21)31(32(39)33-24-13-16-28-29(17-24)42-20-41-28)36(18-22-9-14-25(40-2)15-10-22)30(38)19-37-27-6-4-3-5-26(27)34-35-37/h3-17,31H,18-20H2,1-2H3,(H,33,39)/t31-/m1/s1. The maximum atomic E-state index is 14.2.